The predicted octanol–water partition coefficient (Wildman–Crippen LogP) is 3.44. The summed E-state index contributed by atoms with van der Waals surface area (Å²) in [6.07, 6.45) is 0. The first-order valence-electron chi connectivity index (χ1n) is 7.71. The molecule has 6 heteroatoms. The Bertz CT molecular complexity index is 642. The molecule has 3 rings (SSSR count). The molecule has 1 fully saturated rings. The zero-order chi connectivity index (χ0) is 16.8. The summed E-state index contributed by atoms with van der Waals surface area (Å²) in [6.45, 7) is 9.70. The van der Waals surface area contributed by atoms with E-state index in [9.17, 15) is 4.79 Å². The number of hydrogen-bond acceptors (Lipinski definition) is 4. The molecule has 5 nitrogen and oxygen atoms in total. The molecule has 0 aromatic heterocycles. The van der Waals surface area contributed by atoms with Crippen molar-refractivity contribution in [1.29, 1.82) is 0 Å². The molecule has 23 heavy (non-hydrogen) atoms. The Labute approximate surface area is 141 Å². The van der Waals surface area contributed by atoms with Crippen LogP contribution in [0.5, 0.6) is 11.5 Å². The monoisotopic (exact) mass is 339 g/mol. The second kappa shape index (κ2) is 5.56. The minimum Gasteiger partial charge on any atom is -0.489 e. The Hall–Kier alpha value is -1.46. The summed E-state index contributed by atoms with van der Waals surface area (Å²) in [5, 5.41) is 1.91. The average Bonchev–Trinajstić information content (AvgIpc) is 2.64. The number of hydroxylamine groups is 2. The summed E-state index contributed by atoms with van der Waals surface area (Å²) in [5.74, 6) is 1.25. The molecule has 0 N–H and O–H groups in total. The van der Waals surface area contributed by atoms with Crippen LogP contribution in [-0.2, 0) is 16.2 Å². The van der Waals surface area contributed by atoms with E-state index >= 15 is 0 Å². The number of benzene rings is 1. The van der Waals surface area contributed by atoms with Gasteiger partial charge in [-0.25, -0.2) is 5.06 Å². The van der Waals surface area contributed by atoms with E-state index < -0.39 is 5.41 Å². The van der Waals surface area contributed by atoms with Crippen molar-refractivity contribution < 1.29 is 19.1 Å². The maximum atomic E-state index is 12.3. The highest BCUT2D eigenvalue weighted by molar-refractivity contribution is 6.31. The van der Waals surface area contributed by atoms with Crippen molar-refractivity contribution in [3.8, 4) is 11.5 Å². The fourth-order valence-corrected chi connectivity index (χ4v) is 2.69. The van der Waals surface area contributed by atoms with Crippen LogP contribution in [0.2, 0.25) is 5.02 Å². The lowest BCUT2D eigenvalue weighted by Gasteiger charge is -2.19. The molecule has 0 radical (unpaired) electrons. The molecule has 2 aliphatic rings. The molecule has 0 saturated carbocycles. The molecular formula is C17H22ClNO4. The fraction of sp³-hybridized carbons (Fsp3) is 0.588. The second-order valence-corrected chi connectivity index (χ2v) is 8.04. The Kier molecular flexibility index (Phi) is 3.97. The predicted molar refractivity (Wildman–Crippen MR) is 86.5 cm³/mol. The van der Waals surface area contributed by atoms with Gasteiger partial charge in [0, 0.05) is 16.5 Å². The van der Waals surface area contributed by atoms with Gasteiger partial charge in [0.05, 0.1) is 31.8 Å². The summed E-state index contributed by atoms with van der Waals surface area (Å²) >= 11 is 6.35. The van der Waals surface area contributed by atoms with Gasteiger partial charge in [0.25, 0.3) is 5.91 Å². The largest absolute Gasteiger partial charge is 0.489 e. The summed E-state index contributed by atoms with van der Waals surface area (Å²) in [7, 11) is 0. The van der Waals surface area contributed by atoms with E-state index in [2.05, 4.69) is 13.8 Å². The quantitative estimate of drug-likeness (QED) is 0.828. The molecule has 0 bridgehead atoms. The highest BCUT2D eigenvalue weighted by Gasteiger charge is 2.40. The first-order valence-corrected chi connectivity index (χ1v) is 8.09. The van der Waals surface area contributed by atoms with Crippen LogP contribution in [0.3, 0.4) is 0 Å². The molecule has 2 heterocycles. The molecule has 0 aliphatic carbocycles. The average molecular weight is 340 g/mol. The van der Waals surface area contributed by atoms with Crippen molar-refractivity contribution in [2.24, 2.45) is 10.8 Å². The van der Waals surface area contributed by atoms with Crippen molar-refractivity contribution in [2.75, 3.05) is 19.8 Å². The van der Waals surface area contributed by atoms with Crippen molar-refractivity contribution in [3.63, 3.8) is 0 Å². The molecule has 126 valence electrons. The van der Waals surface area contributed by atoms with Crippen LogP contribution in [0.1, 0.15) is 33.3 Å². The smallest absolute Gasteiger partial charge is 0.254 e. The highest BCUT2D eigenvalue weighted by Crippen LogP contribution is 2.39. The molecule has 0 unspecified atom stereocenters. The van der Waals surface area contributed by atoms with Gasteiger partial charge >= 0.3 is 0 Å². The van der Waals surface area contributed by atoms with E-state index in [-0.39, 0.29) is 11.3 Å². The topological polar surface area (TPSA) is 48.0 Å². The van der Waals surface area contributed by atoms with Crippen LogP contribution in [0.15, 0.2) is 12.1 Å². The Morgan fingerprint density at radius 2 is 1.70 bits per heavy atom. The van der Waals surface area contributed by atoms with Gasteiger partial charge in [0.2, 0.25) is 0 Å². The number of ether oxygens (including phenoxy) is 2. The standard InChI is InChI=1S/C17H22ClNO4/c1-16(2)8-21-13-5-11(12(18)6-14(13)22-9-16)7-19-15(20)17(3,4)10-23-19/h5-6H,7-10H2,1-4H3. The zero-order valence-electron chi connectivity index (χ0n) is 13.9. The summed E-state index contributed by atoms with van der Waals surface area (Å²) in [6, 6.07) is 3.58. The Morgan fingerprint density at radius 3 is 2.26 bits per heavy atom. The Morgan fingerprint density at radius 1 is 1.09 bits per heavy atom. The third-order valence-electron chi connectivity index (χ3n) is 4.05. The summed E-state index contributed by atoms with van der Waals surface area (Å²) < 4.78 is 11.7. The Balaban J connectivity index is 1.83. The van der Waals surface area contributed by atoms with E-state index in [4.69, 9.17) is 25.9 Å². The van der Waals surface area contributed by atoms with E-state index in [1.807, 2.05) is 19.9 Å². The minimum absolute atomic E-state index is 0.0400. The number of carbonyl (C=O) groups is 1. The molecule has 1 aromatic carbocycles. The van der Waals surface area contributed by atoms with Crippen molar-refractivity contribution in [2.45, 2.75) is 34.2 Å². The zero-order valence-corrected chi connectivity index (χ0v) is 14.7. The molecule has 1 amide bonds. The number of hydrogen-bond donors (Lipinski definition) is 0. The third-order valence-corrected chi connectivity index (χ3v) is 4.40. The lowest BCUT2D eigenvalue weighted by atomic mass is 9.95. The van der Waals surface area contributed by atoms with Crippen LogP contribution >= 0.6 is 11.6 Å². The number of halogens is 1. The van der Waals surface area contributed by atoms with Gasteiger partial charge in [-0.3, -0.25) is 9.63 Å². The molecule has 2 aliphatic heterocycles. The van der Waals surface area contributed by atoms with Gasteiger partial charge < -0.3 is 9.47 Å². The van der Waals surface area contributed by atoms with E-state index in [0.29, 0.717) is 42.9 Å². The summed E-state index contributed by atoms with van der Waals surface area (Å²) in [5.41, 5.74) is 0.214. The lowest BCUT2D eigenvalue weighted by molar-refractivity contribution is -0.165. The first kappa shape index (κ1) is 16.4. The van der Waals surface area contributed by atoms with Crippen molar-refractivity contribution in [3.05, 3.63) is 22.7 Å². The molecule has 1 saturated heterocycles. The maximum absolute atomic E-state index is 12.3. The van der Waals surface area contributed by atoms with Gasteiger partial charge in [-0.15, -0.1) is 0 Å². The minimum atomic E-state index is -0.498. The van der Waals surface area contributed by atoms with Crippen molar-refractivity contribution >= 4 is 17.5 Å². The number of fused-ring (bicyclic) bond motifs is 1. The number of carbonyl (C=O) groups excluding carboxylic acids is 1. The van der Waals surface area contributed by atoms with Crippen molar-refractivity contribution in [1.82, 2.24) is 5.06 Å². The first-order chi connectivity index (χ1) is 10.7. The van der Waals surface area contributed by atoms with Gasteiger partial charge in [0.1, 0.15) is 0 Å². The molecule has 1 aromatic rings. The number of rotatable bonds is 2. The normalized spacial score (nSPS) is 22.1. The van der Waals surface area contributed by atoms with E-state index in [1.165, 1.54) is 5.06 Å². The van der Waals surface area contributed by atoms with Crippen LogP contribution in [-0.4, -0.2) is 30.8 Å². The number of nitrogens with zero attached hydrogens (tertiary/aromatic N) is 1. The van der Waals surface area contributed by atoms with E-state index in [0.717, 1.165) is 5.56 Å². The second-order valence-electron chi connectivity index (χ2n) is 7.63. The molecular weight excluding hydrogens is 318 g/mol. The lowest BCUT2D eigenvalue weighted by Crippen LogP contribution is -2.30. The van der Waals surface area contributed by atoms with Gasteiger partial charge in [-0.2, -0.15) is 0 Å². The highest BCUT2D eigenvalue weighted by atomic mass is 35.5. The van der Waals surface area contributed by atoms with Crippen LogP contribution < -0.4 is 9.47 Å². The molecule has 0 spiro atoms. The fourth-order valence-electron chi connectivity index (χ4n) is 2.48. The van der Waals surface area contributed by atoms with Gasteiger partial charge in [-0.1, -0.05) is 25.4 Å². The van der Waals surface area contributed by atoms with Crippen LogP contribution in [0.4, 0.5) is 0 Å². The molecule has 0 atom stereocenters. The van der Waals surface area contributed by atoms with Gasteiger partial charge in [-0.05, 0) is 25.5 Å². The maximum Gasteiger partial charge on any atom is 0.254 e. The van der Waals surface area contributed by atoms with Crippen LogP contribution in [0.25, 0.3) is 0 Å². The summed E-state index contributed by atoms with van der Waals surface area (Å²) in [4.78, 5) is 17.8. The number of amides is 1. The third kappa shape index (κ3) is 3.26. The van der Waals surface area contributed by atoms with Crippen LogP contribution in [0, 0.1) is 10.8 Å². The SMILES string of the molecule is CC1(C)COc2cc(Cl)c(CN3OCC(C)(C)C3=O)cc2OC1. The van der Waals surface area contributed by atoms with Gasteiger partial charge in [0.15, 0.2) is 11.5 Å². The van der Waals surface area contributed by atoms with E-state index in [1.54, 1.807) is 6.07 Å².